The standard InChI is InChI=1S/C17H21N3O3S/c1-19(2)10-6-9-18-15(21)12-20-16(22)14(24-17(20)23)11-13-7-4-3-5-8-13/h3-5,7-8,11H,6,9-10,12H2,1-2H3,(H,18,21)/b14-11+. The van der Waals surface area contributed by atoms with E-state index < -0.39 is 11.1 Å². The summed E-state index contributed by atoms with van der Waals surface area (Å²) < 4.78 is 0. The molecule has 2 rings (SSSR count). The van der Waals surface area contributed by atoms with Crippen molar-refractivity contribution >= 4 is 34.9 Å². The van der Waals surface area contributed by atoms with Crippen LogP contribution < -0.4 is 5.32 Å². The van der Waals surface area contributed by atoms with Crippen LogP contribution in [0.3, 0.4) is 0 Å². The van der Waals surface area contributed by atoms with Gasteiger partial charge in [-0.05, 0) is 50.5 Å². The number of nitrogens with zero attached hydrogens (tertiary/aromatic N) is 2. The van der Waals surface area contributed by atoms with Crippen LogP contribution in [0.1, 0.15) is 12.0 Å². The average Bonchev–Trinajstić information content (AvgIpc) is 2.80. The highest BCUT2D eigenvalue weighted by molar-refractivity contribution is 8.18. The molecule has 0 atom stereocenters. The fraction of sp³-hybridized carbons (Fsp3) is 0.353. The van der Waals surface area contributed by atoms with E-state index in [0.29, 0.717) is 11.4 Å². The molecule has 24 heavy (non-hydrogen) atoms. The Labute approximate surface area is 145 Å². The molecule has 1 aromatic carbocycles. The zero-order chi connectivity index (χ0) is 17.5. The van der Waals surface area contributed by atoms with Crippen LogP contribution in [0.25, 0.3) is 6.08 Å². The van der Waals surface area contributed by atoms with Crippen molar-refractivity contribution in [3.05, 3.63) is 40.8 Å². The fourth-order valence-corrected chi connectivity index (χ4v) is 3.00. The summed E-state index contributed by atoms with van der Waals surface area (Å²) in [6.45, 7) is 1.15. The summed E-state index contributed by atoms with van der Waals surface area (Å²) in [7, 11) is 3.92. The normalized spacial score (nSPS) is 16.3. The summed E-state index contributed by atoms with van der Waals surface area (Å²) in [5.74, 6) is -0.741. The van der Waals surface area contributed by atoms with Crippen LogP contribution in [-0.4, -0.2) is 60.6 Å². The summed E-state index contributed by atoms with van der Waals surface area (Å²) in [5.41, 5.74) is 0.844. The second kappa shape index (κ2) is 8.65. The van der Waals surface area contributed by atoms with Crippen molar-refractivity contribution in [1.29, 1.82) is 0 Å². The van der Waals surface area contributed by atoms with Crippen molar-refractivity contribution in [1.82, 2.24) is 15.1 Å². The van der Waals surface area contributed by atoms with Crippen LogP contribution in [0.5, 0.6) is 0 Å². The van der Waals surface area contributed by atoms with Crippen molar-refractivity contribution in [3.63, 3.8) is 0 Å². The third-order valence-electron chi connectivity index (χ3n) is 3.38. The molecule has 6 nitrogen and oxygen atoms in total. The number of rotatable bonds is 7. The zero-order valence-corrected chi connectivity index (χ0v) is 14.6. The predicted octanol–water partition coefficient (Wildman–Crippen LogP) is 1.79. The largest absolute Gasteiger partial charge is 0.354 e. The number of benzene rings is 1. The van der Waals surface area contributed by atoms with Gasteiger partial charge in [-0.25, -0.2) is 0 Å². The van der Waals surface area contributed by atoms with Gasteiger partial charge in [-0.15, -0.1) is 0 Å². The van der Waals surface area contributed by atoms with Gasteiger partial charge >= 0.3 is 0 Å². The average molecular weight is 347 g/mol. The molecule has 0 aliphatic carbocycles. The Balaban J connectivity index is 1.90. The number of nitrogens with one attached hydrogen (secondary N) is 1. The lowest BCUT2D eigenvalue weighted by Crippen LogP contribution is -2.40. The maximum atomic E-state index is 12.3. The fourth-order valence-electron chi connectivity index (χ4n) is 2.16. The monoisotopic (exact) mass is 347 g/mol. The first-order valence-electron chi connectivity index (χ1n) is 7.69. The highest BCUT2D eigenvalue weighted by atomic mass is 32.2. The first-order chi connectivity index (χ1) is 11.5. The van der Waals surface area contributed by atoms with Crippen molar-refractivity contribution in [2.45, 2.75) is 6.42 Å². The van der Waals surface area contributed by atoms with Crippen molar-refractivity contribution in [2.24, 2.45) is 0 Å². The van der Waals surface area contributed by atoms with Crippen LogP contribution in [0, 0.1) is 0 Å². The molecule has 0 radical (unpaired) electrons. The van der Waals surface area contributed by atoms with Crippen molar-refractivity contribution in [3.8, 4) is 0 Å². The van der Waals surface area contributed by atoms with E-state index in [1.807, 2.05) is 49.3 Å². The SMILES string of the molecule is CN(C)CCCNC(=O)CN1C(=O)S/C(=C/c2ccccc2)C1=O. The van der Waals surface area contributed by atoms with Gasteiger partial charge in [-0.2, -0.15) is 0 Å². The Morgan fingerprint density at radius 2 is 1.96 bits per heavy atom. The summed E-state index contributed by atoms with van der Waals surface area (Å²) in [6.07, 6.45) is 2.48. The molecule has 1 fully saturated rings. The van der Waals surface area contributed by atoms with E-state index in [0.717, 1.165) is 35.2 Å². The molecule has 1 heterocycles. The number of hydrogen-bond donors (Lipinski definition) is 1. The maximum absolute atomic E-state index is 12.3. The molecule has 128 valence electrons. The molecule has 7 heteroatoms. The van der Waals surface area contributed by atoms with Gasteiger partial charge in [0.1, 0.15) is 6.54 Å². The maximum Gasteiger partial charge on any atom is 0.294 e. The number of carbonyl (C=O) groups excluding carboxylic acids is 3. The second-order valence-electron chi connectivity index (χ2n) is 5.69. The van der Waals surface area contributed by atoms with Gasteiger partial charge < -0.3 is 10.2 Å². The van der Waals surface area contributed by atoms with Gasteiger partial charge in [0.15, 0.2) is 0 Å². The van der Waals surface area contributed by atoms with E-state index in [2.05, 4.69) is 5.32 Å². The third-order valence-corrected chi connectivity index (χ3v) is 4.28. The molecule has 1 aliphatic heterocycles. The molecular weight excluding hydrogens is 326 g/mol. The Morgan fingerprint density at radius 3 is 2.62 bits per heavy atom. The van der Waals surface area contributed by atoms with Gasteiger partial charge in [0.25, 0.3) is 11.1 Å². The molecule has 1 saturated heterocycles. The van der Waals surface area contributed by atoms with E-state index in [1.165, 1.54) is 0 Å². The Kier molecular flexibility index (Phi) is 6.57. The first kappa shape index (κ1) is 18.2. The van der Waals surface area contributed by atoms with E-state index in [1.54, 1.807) is 6.08 Å². The molecule has 0 bridgehead atoms. The van der Waals surface area contributed by atoms with E-state index in [9.17, 15) is 14.4 Å². The number of thioether (sulfide) groups is 1. The second-order valence-corrected chi connectivity index (χ2v) is 6.68. The van der Waals surface area contributed by atoms with Crippen LogP contribution in [-0.2, 0) is 9.59 Å². The number of hydrogen-bond acceptors (Lipinski definition) is 5. The molecule has 3 amide bonds. The topological polar surface area (TPSA) is 69.7 Å². The molecule has 1 aliphatic rings. The molecule has 0 aromatic heterocycles. The minimum absolute atomic E-state index is 0.237. The molecule has 1 N–H and O–H groups in total. The van der Waals surface area contributed by atoms with E-state index in [-0.39, 0.29) is 12.5 Å². The first-order valence-corrected chi connectivity index (χ1v) is 8.51. The number of imide groups is 1. The van der Waals surface area contributed by atoms with Gasteiger partial charge in [0.05, 0.1) is 4.91 Å². The molecule has 0 unspecified atom stereocenters. The lowest BCUT2D eigenvalue weighted by molar-refractivity contribution is -0.129. The smallest absolute Gasteiger partial charge is 0.294 e. The summed E-state index contributed by atoms with van der Waals surface area (Å²) >= 11 is 0.863. The van der Waals surface area contributed by atoms with Crippen molar-refractivity contribution < 1.29 is 14.4 Å². The van der Waals surface area contributed by atoms with Crippen LogP contribution in [0.2, 0.25) is 0 Å². The number of amides is 3. The molecule has 0 spiro atoms. The van der Waals surface area contributed by atoms with Gasteiger partial charge in [0, 0.05) is 6.54 Å². The zero-order valence-electron chi connectivity index (χ0n) is 13.8. The van der Waals surface area contributed by atoms with Gasteiger partial charge in [-0.3, -0.25) is 19.3 Å². The lowest BCUT2D eigenvalue weighted by atomic mass is 10.2. The van der Waals surface area contributed by atoms with E-state index in [4.69, 9.17) is 0 Å². The summed E-state index contributed by atoms with van der Waals surface area (Å²) in [4.78, 5) is 39.5. The number of carbonyl (C=O) groups is 3. The minimum atomic E-state index is -0.419. The van der Waals surface area contributed by atoms with E-state index >= 15 is 0 Å². The molecule has 0 saturated carbocycles. The summed E-state index contributed by atoms with van der Waals surface area (Å²) in [5, 5.41) is 2.32. The summed E-state index contributed by atoms with van der Waals surface area (Å²) in [6, 6.07) is 9.30. The predicted molar refractivity (Wildman–Crippen MR) is 95.3 cm³/mol. The third kappa shape index (κ3) is 5.21. The molecular formula is C17H21N3O3S. The van der Waals surface area contributed by atoms with Crippen LogP contribution >= 0.6 is 11.8 Å². The van der Waals surface area contributed by atoms with Gasteiger partial charge in [0.2, 0.25) is 5.91 Å². The highest BCUT2D eigenvalue weighted by Gasteiger charge is 2.36. The minimum Gasteiger partial charge on any atom is -0.354 e. The Hall–Kier alpha value is -2.12. The Morgan fingerprint density at radius 1 is 1.25 bits per heavy atom. The Bertz CT molecular complexity index is 644. The van der Waals surface area contributed by atoms with Crippen molar-refractivity contribution in [2.75, 3.05) is 33.7 Å². The van der Waals surface area contributed by atoms with Gasteiger partial charge in [-0.1, -0.05) is 30.3 Å². The highest BCUT2D eigenvalue weighted by Crippen LogP contribution is 2.31. The van der Waals surface area contributed by atoms with Crippen LogP contribution in [0.15, 0.2) is 35.2 Å². The quantitative estimate of drug-likeness (QED) is 0.601. The molecule has 1 aromatic rings. The van der Waals surface area contributed by atoms with Crippen LogP contribution in [0.4, 0.5) is 4.79 Å². The lowest BCUT2D eigenvalue weighted by Gasteiger charge is -2.13.